The smallest absolute Gasteiger partial charge is 0.157 e. The molecule has 3 rings (SSSR count). The molecule has 2 aromatic heterocycles. The van der Waals surface area contributed by atoms with Crippen LogP contribution in [0.25, 0.3) is 20.0 Å². The second kappa shape index (κ2) is 6.43. The van der Waals surface area contributed by atoms with E-state index in [1.807, 2.05) is 0 Å². The van der Waals surface area contributed by atoms with Crippen LogP contribution >= 0.6 is 22.7 Å². The van der Waals surface area contributed by atoms with Crippen LogP contribution in [0.1, 0.15) is 18.4 Å². The third kappa shape index (κ3) is 3.06. The molecule has 20 heavy (non-hydrogen) atoms. The molecule has 0 saturated heterocycles. The third-order valence-corrected chi connectivity index (χ3v) is 5.37. The van der Waals surface area contributed by atoms with Gasteiger partial charge in [-0.05, 0) is 37.0 Å². The van der Waals surface area contributed by atoms with Crippen LogP contribution in [0.2, 0.25) is 0 Å². The van der Waals surface area contributed by atoms with Crippen LogP contribution in [0.3, 0.4) is 0 Å². The maximum Gasteiger partial charge on any atom is 0.157 e. The van der Waals surface area contributed by atoms with Gasteiger partial charge in [0.25, 0.3) is 0 Å². The molecular formula is C15H17N3S2. The standard InChI is InChI=1S/C15H17N3S2/c1-2-16-9-5-8-14-17-18-15(20-14)13-10-11-6-3-4-7-12(11)19-13/h3-4,6-7,10,16H,2,5,8-9H2,1H3. The van der Waals surface area contributed by atoms with Gasteiger partial charge in [-0.3, -0.25) is 0 Å². The van der Waals surface area contributed by atoms with Crippen molar-refractivity contribution in [2.24, 2.45) is 0 Å². The van der Waals surface area contributed by atoms with Crippen molar-refractivity contribution in [3.63, 3.8) is 0 Å². The number of hydrogen-bond donors (Lipinski definition) is 1. The number of aryl methyl sites for hydroxylation is 1. The van der Waals surface area contributed by atoms with Crippen molar-refractivity contribution < 1.29 is 0 Å². The van der Waals surface area contributed by atoms with Crippen LogP contribution in [0.4, 0.5) is 0 Å². The Labute approximate surface area is 126 Å². The summed E-state index contributed by atoms with van der Waals surface area (Å²) in [7, 11) is 0. The Bertz CT molecular complexity index is 654. The number of benzene rings is 1. The van der Waals surface area contributed by atoms with Gasteiger partial charge in [-0.15, -0.1) is 21.5 Å². The Balaban J connectivity index is 1.72. The molecule has 3 aromatic rings. The molecule has 5 heteroatoms. The minimum atomic E-state index is 1.01. The number of rotatable bonds is 6. The SMILES string of the molecule is CCNCCCc1nnc(-c2cc3ccccc3s2)s1. The lowest BCUT2D eigenvalue weighted by atomic mass is 10.2. The first-order chi connectivity index (χ1) is 9.86. The van der Waals surface area contributed by atoms with E-state index in [4.69, 9.17) is 0 Å². The van der Waals surface area contributed by atoms with Crippen LogP contribution in [-0.4, -0.2) is 23.3 Å². The molecule has 1 aromatic carbocycles. The molecule has 0 radical (unpaired) electrons. The molecule has 1 N–H and O–H groups in total. The molecule has 0 aliphatic rings. The first-order valence-corrected chi connectivity index (χ1v) is 8.52. The highest BCUT2D eigenvalue weighted by atomic mass is 32.1. The van der Waals surface area contributed by atoms with Gasteiger partial charge in [-0.1, -0.05) is 36.5 Å². The molecule has 0 unspecified atom stereocenters. The zero-order valence-electron chi connectivity index (χ0n) is 11.4. The van der Waals surface area contributed by atoms with Crippen molar-refractivity contribution in [1.29, 1.82) is 0 Å². The van der Waals surface area contributed by atoms with Gasteiger partial charge in [0.15, 0.2) is 5.01 Å². The minimum absolute atomic E-state index is 1.01. The predicted molar refractivity (Wildman–Crippen MR) is 87.6 cm³/mol. The first kappa shape index (κ1) is 13.7. The van der Waals surface area contributed by atoms with Crippen LogP contribution in [0.5, 0.6) is 0 Å². The number of aromatic nitrogens is 2. The van der Waals surface area contributed by atoms with Gasteiger partial charge in [-0.25, -0.2) is 0 Å². The summed E-state index contributed by atoms with van der Waals surface area (Å²) in [6, 6.07) is 10.7. The molecule has 0 saturated carbocycles. The molecule has 0 aliphatic carbocycles. The number of nitrogens with one attached hydrogen (secondary N) is 1. The lowest BCUT2D eigenvalue weighted by Gasteiger charge is -1.97. The highest BCUT2D eigenvalue weighted by Crippen LogP contribution is 2.34. The van der Waals surface area contributed by atoms with Crippen LogP contribution in [0.15, 0.2) is 30.3 Å². The van der Waals surface area contributed by atoms with Gasteiger partial charge in [-0.2, -0.15) is 0 Å². The van der Waals surface area contributed by atoms with Gasteiger partial charge in [0.2, 0.25) is 0 Å². The van der Waals surface area contributed by atoms with Crippen molar-refractivity contribution >= 4 is 32.8 Å². The summed E-state index contributed by atoms with van der Waals surface area (Å²) in [5.41, 5.74) is 0. The van der Waals surface area contributed by atoms with Crippen molar-refractivity contribution in [1.82, 2.24) is 15.5 Å². The lowest BCUT2D eigenvalue weighted by molar-refractivity contribution is 0.669. The zero-order valence-corrected chi connectivity index (χ0v) is 13.1. The number of nitrogens with zero attached hydrogens (tertiary/aromatic N) is 2. The van der Waals surface area contributed by atoms with Gasteiger partial charge in [0.1, 0.15) is 5.01 Å². The lowest BCUT2D eigenvalue weighted by Crippen LogP contribution is -2.14. The average molecular weight is 303 g/mol. The molecule has 0 spiro atoms. The Morgan fingerprint density at radius 3 is 2.90 bits per heavy atom. The molecule has 0 bridgehead atoms. The fourth-order valence-electron chi connectivity index (χ4n) is 2.08. The maximum atomic E-state index is 4.34. The fraction of sp³-hybridized carbons (Fsp3) is 0.333. The van der Waals surface area contributed by atoms with Gasteiger partial charge in [0.05, 0.1) is 4.88 Å². The van der Waals surface area contributed by atoms with Crippen LogP contribution in [0, 0.1) is 0 Å². The first-order valence-electron chi connectivity index (χ1n) is 6.89. The number of fused-ring (bicyclic) bond motifs is 1. The van der Waals surface area contributed by atoms with Gasteiger partial charge >= 0.3 is 0 Å². The minimum Gasteiger partial charge on any atom is -0.317 e. The third-order valence-electron chi connectivity index (χ3n) is 3.10. The summed E-state index contributed by atoms with van der Waals surface area (Å²) >= 11 is 3.51. The largest absolute Gasteiger partial charge is 0.317 e. The van der Waals surface area contributed by atoms with Crippen LogP contribution in [-0.2, 0) is 6.42 Å². The quantitative estimate of drug-likeness (QED) is 0.700. The zero-order chi connectivity index (χ0) is 13.8. The van der Waals surface area contributed by atoms with E-state index in [-0.39, 0.29) is 0 Å². The van der Waals surface area contributed by atoms with E-state index in [1.165, 1.54) is 15.0 Å². The van der Waals surface area contributed by atoms with E-state index in [1.54, 1.807) is 22.7 Å². The summed E-state index contributed by atoms with van der Waals surface area (Å²) in [5, 5.41) is 15.4. The highest BCUT2D eigenvalue weighted by Gasteiger charge is 2.09. The van der Waals surface area contributed by atoms with E-state index < -0.39 is 0 Å². The van der Waals surface area contributed by atoms with Crippen molar-refractivity contribution in [2.45, 2.75) is 19.8 Å². The summed E-state index contributed by atoms with van der Waals surface area (Å²) in [6.45, 7) is 4.21. The van der Waals surface area contributed by atoms with E-state index >= 15 is 0 Å². The van der Waals surface area contributed by atoms with E-state index in [0.717, 1.165) is 35.9 Å². The summed E-state index contributed by atoms with van der Waals surface area (Å²) < 4.78 is 1.31. The van der Waals surface area contributed by atoms with Crippen molar-refractivity contribution in [3.05, 3.63) is 35.3 Å². The van der Waals surface area contributed by atoms with Gasteiger partial charge < -0.3 is 5.32 Å². The van der Waals surface area contributed by atoms with Crippen LogP contribution < -0.4 is 5.32 Å². The van der Waals surface area contributed by atoms with E-state index in [2.05, 4.69) is 52.8 Å². The molecular weight excluding hydrogens is 286 g/mol. The normalized spacial score (nSPS) is 11.2. The van der Waals surface area contributed by atoms with Crippen molar-refractivity contribution in [2.75, 3.05) is 13.1 Å². The average Bonchev–Trinajstić information content (AvgIpc) is 3.09. The predicted octanol–water partition coefficient (Wildman–Crippen LogP) is 3.96. The van der Waals surface area contributed by atoms with Crippen molar-refractivity contribution in [3.8, 4) is 9.88 Å². The molecule has 104 valence electrons. The summed E-state index contributed by atoms with van der Waals surface area (Å²) in [5.74, 6) is 0. The molecule has 3 nitrogen and oxygen atoms in total. The highest BCUT2D eigenvalue weighted by molar-refractivity contribution is 7.25. The van der Waals surface area contributed by atoms with E-state index in [0.29, 0.717) is 0 Å². The summed E-state index contributed by atoms with van der Waals surface area (Å²) in [6.07, 6.45) is 2.13. The fourth-order valence-corrected chi connectivity index (χ4v) is 4.07. The molecule has 0 aliphatic heterocycles. The Kier molecular flexibility index (Phi) is 4.40. The Morgan fingerprint density at radius 1 is 1.15 bits per heavy atom. The molecule has 0 amide bonds. The molecule has 0 fully saturated rings. The van der Waals surface area contributed by atoms with Gasteiger partial charge in [0, 0.05) is 11.1 Å². The second-order valence-electron chi connectivity index (χ2n) is 4.61. The second-order valence-corrected chi connectivity index (χ2v) is 6.75. The Morgan fingerprint density at radius 2 is 2.05 bits per heavy atom. The van der Waals surface area contributed by atoms with E-state index in [9.17, 15) is 0 Å². The number of thiophene rings is 1. The maximum absolute atomic E-state index is 4.34. The summed E-state index contributed by atoms with van der Waals surface area (Å²) in [4.78, 5) is 1.22. The monoisotopic (exact) mass is 303 g/mol. The molecule has 0 atom stereocenters. The molecule has 2 heterocycles. The number of hydrogen-bond acceptors (Lipinski definition) is 5. The Hall–Kier alpha value is -1.30. The topological polar surface area (TPSA) is 37.8 Å².